The minimum absolute atomic E-state index is 0.131. The molecule has 4 rings (SSSR count). The van der Waals surface area contributed by atoms with Crippen LogP contribution in [0.25, 0.3) is 15.2 Å². The first-order valence-electron chi connectivity index (χ1n) is 14.5. The van der Waals surface area contributed by atoms with Gasteiger partial charge in [-0.15, -0.1) is 4.80 Å². The second-order valence-corrected chi connectivity index (χ2v) is 12.6. The summed E-state index contributed by atoms with van der Waals surface area (Å²) in [6.45, 7) is 10.9. The molecule has 0 radical (unpaired) electrons. The van der Waals surface area contributed by atoms with Gasteiger partial charge in [0.15, 0.2) is 5.78 Å². The fourth-order valence-electron chi connectivity index (χ4n) is 4.84. The van der Waals surface area contributed by atoms with Gasteiger partial charge >= 0.3 is 11.7 Å². The fourth-order valence-corrected chi connectivity index (χ4v) is 6.06. The van der Waals surface area contributed by atoms with E-state index in [1.807, 2.05) is 6.92 Å². The van der Waals surface area contributed by atoms with E-state index in [1.165, 1.54) is 67.8 Å². The molecule has 1 atom stereocenters. The lowest BCUT2D eigenvalue weighted by atomic mass is 10.0. The van der Waals surface area contributed by atoms with E-state index in [4.69, 9.17) is 14.2 Å². The molecule has 0 aliphatic carbocycles. The fraction of sp³-hybridized carbons (Fsp3) is 0.484. The summed E-state index contributed by atoms with van der Waals surface area (Å²) < 4.78 is 34.1. The van der Waals surface area contributed by atoms with Crippen molar-refractivity contribution < 1.29 is 28.2 Å². The van der Waals surface area contributed by atoms with Gasteiger partial charge in [-0.2, -0.15) is 10.2 Å². The first-order chi connectivity index (χ1) is 21.1. The number of halogens is 1. The highest BCUT2D eigenvalue weighted by Crippen LogP contribution is 2.36. The number of aromatic nitrogens is 5. The van der Waals surface area contributed by atoms with E-state index in [9.17, 15) is 23.6 Å². The lowest BCUT2D eigenvalue weighted by molar-refractivity contribution is -0.153. The van der Waals surface area contributed by atoms with Crippen LogP contribution in [0, 0.1) is 12.7 Å². The average molecular weight is 644 g/mol. The van der Waals surface area contributed by atoms with Crippen LogP contribution < -0.4 is 16.0 Å². The van der Waals surface area contributed by atoms with Gasteiger partial charge in [-0.05, 0) is 66.2 Å². The highest BCUT2D eigenvalue weighted by Gasteiger charge is 2.38. The monoisotopic (exact) mass is 643 g/mol. The molecule has 12 nitrogen and oxygen atoms in total. The molecule has 4 aromatic rings. The molecule has 0 saturated carbocycles. The zero-order chi connectivity index (χ0) is 33.3. The molecular formula is C31H38FN5O7S. The number of ketones is 1. The summed E-state index contributed by atoms with van der Waals surface area (Å²) in [7, 11) is 1.41. The number of unbranched alkanes of at least 4 members (excludes halogenated alkanes) is 1. The van der Waals surface area contributed by atoms with Crippen LogP contribution in [0.15, 0.2) is 40.2 Å². The molecule has 0 fully saturated rings. The number of fused-ring (bicyclic) bond motifs is 1. The van der Waals surface area contributed by atoms with E-state index in [2.05, 4.69) is 10.2 Å². The number of hydrogen-bond donors (Lipinski definition) is 0. The summed E-state index contributed by atoms with van der Waals surface area (Å²) >= 11 is 1.10. The van der Waals surface area contributed by atoms with E-state index in [-0.39, 0.29) is 40.5 Å². The Morgan fingerprint density at radius 1 is 1.11 bits per heavy atom. The second kappa shape index (κ2) is 13.1. The number of esters is 1. The Kier molecular flexibility index (Phi) is 9.78. The van der Waals surface area contributed by atoms with Crippen molar-refractivity contribution in [1.29, 1.82) is 0 Å². The molecule has 242 valence electrons. The molecule has 0 amide bonds. The second-order valence-electron chi connectivity index (χ2n) is 11.7. The summed E-state index contributed by atoms with van der Waals surface area (Å²) in [4.78, 5) is 56.1. The maximum atomic E-state index is 14.7. The number of carbonyl (C=O) groups excluding carboxylic acids is 2. The Hall–Kier alpha value is -4.17. The van der Waals surface area contributed by atoms with Crippen LogP contribution in [-0.4, -0.2) is 55.2 Å². The van der Waals surface area contributed by atoms with Gasteiger partial charge in [-0.25, -0.2) is 18.5 Å². The third-order valence-corrected chi connectivity index (χ3v) is 9.03. The van der Waals surface area contributed by atoms with Crippen LogP contribution in [0.1, 0.15) is 71.6 Å². The number of aryl methyl sites for hydroxylation is 1. The smallest absolute Gasteiger partial charge is 0.333 e. The van der Waals surface area contributed by atoms with Crippen molar-refractivity contribution in [3.63, 3.8) is 0 Å². The molecule has 45 heavy (non-hydrogen) atoms. The Labute approximate surface area is 263 Å². The van der Waals surface area contributed by atoms with Gasteiger partial charge in [0.05, 0.1) is 38.0 Å². The van der Waals surface area contributed by atoms with E-state index in [0.29, 0.717) is 17.0 Å². The zero-order valence-electron chi connectivity index (χ0n) is 26.7. The molecule has 14 heteroatoms. The summed E-state index contributed by atoms with van der Waals surface area (Å²) in [6, 6.07) is 3.86. The largest absolute Gasteiger partial charge is 0.496 e. The third-order valence-electron chi connectivity index (χ3n) is 7.75. The van der Waals surface area contributed by atoms with Gasteiger partial charge in [0, 0.05) is 11.1 Å². The summed E-state index contributed by atoms with van der Waals surface area (Å²) in [6.07, 6.45) is 3.24. The Bertz CT molecular complexity index is 1840. The maximum absolute atomic E-state index is 14.7. The van der Waals surface area contributed by atoms with Crippen molar-refractivity contribution >= 4 is 33.3 Å². The Morgan fingerprint density at radius 3 is 2.38 bits per heavy atom. The summed E-state index contributed by atoms with van der Waals surface area (Å²) in [5.41, 5.74) is -3.85. The van der Waals surface area contributed by atoms with Crippen molar-refractivity contribution in [2.24, 2.45) is 0 Å². The molecule has 0 saturated heterocycles. The quantitative estimate of drug-likeness (QED) is 0.153. The molecular weight excluding hydrogens is 605 g/mol. The SMILES string of the molecule is CCCCOC(=O)C(C)(C)n1c(=O)c2c(C)c(-n3nccn3)sc2n(C[C@H](OC(C)(C)C(C)=O)c2cc(F)ccc2OC)c1=O. The van der Waals surface area contributed by atoms with Crippen LogP contribution in [-0.2, 0) is 31.1 Å². The average Bonchev–Trinajstić information content (AvgIpc) is 3.62. The van der Waals surface area contributed by atoms with Crippen molar-refractivity contribution in [1.82, 2.24) is 24.1 Å². The number of thiophene rings is 1. The van der Waals surface area contributed by atoms with Crippen molar-refractivity contribution in [3.8, 4) is 10.8 Å². The molecule has 0 aliphatic heterocycles. The minimum atomic E-state index is -1.71. The topological polar surface area (TPSA) is 137 Å². The van der Waals surface area contributed by atoms with E-state index < -0.39 is 40.3 Å². The normalized spacial score (nSPS) is 12.8. The van der Waals surface area contributed by atoms with Gasteiger partial charge < -0.3 is 14.2 Å². The number of carbonyl (C=O) groups is 2. The molecule has 0 N–H and O–H groups in total. The van der Waals surface area contributed by atoms with E-state index in [1.54, 1.807) is 20.8 Å². The molecule has 0 unspecified atom stereocenters. The standard InChI is InChI=1S/C31H38FN5O7S/c1-9-10-15-43-28(40)30(4,5)36-25(39)24-18(2)26(37-33-13-14-34-37)45-27(24)35(29(36)41)17-23(44-31(6,7)19(3)38)21-16-20(32)11-12-22(21)42-8/h11-14,16,23H,9-10,15,17H2,1-8H3/t23-/m0/s1. The maximum Gasteiger partial charge on any atom is 0.333 e. The van der Waals surface area contributed by atoms with Crippen LogP contribution in [0.4, 0.5) is 4.39 Å². The zero-order valence-corrected chi connectivity index (χ0v) is 27.5. The Balaban J connectivity index is 2.04. The minimum Gasteiger partial charge on any atom is -0.496 e. The van der Waals surface area contributed by atoms with Gasteiger partial charge in [-0.3, -0.25) is 14.2 Å². The highest BCUT2D eigenvalue weighted by atomic mass is 32.1. The van der Waals surface area contributed by atoms with Gasteiger partial charge in [0.1, 0.15) is 38.6 Å². The summed E-state index contributed by atoms with van der Waals surface area (Å²) in [5, 5.41) is 9.04. The van der Waals surface area contributed by atoms with Crippen molar-refractivity contribution in [2.75, 3.05) is 13.7 Å². The lowest BCUT2D eigenvalue weighted by Crippen LogP contribution is -2.53. The highest BCUT2D eigenvalue weighted by molar-refractivity contribution is 7.21. The molecule has 3 aromatic heterocycles. The van der Waals surface area contributed by atoms with Gasteiger partial charge in [0.2, 0.25) is 0 Å². The predicted octanol–water partition coefficient (Wildman–Crippen LogP) is 4.47. The van der Waals surface area contributed by atoms with Gasteiger partial charge in [-0.1, -0.05) is 24.7 Å². The number of ether oxygens (including phenoxy) is 3. The molecule has 0 bridgehead atoms. The number of hydrogen-bond acceptors (Lipinski definition) is 10. The number of rotatable bonds is 13. The van der Waals surface area contributed by atoms with Crippen LogP contribution >= 0.6 is 11.3 Å². The molecule has 3 heterocycles. The predicted molar refractivity (Wildman–Crippen MR) is 167 cm³/mol. The summed E-state index contributed by atoms with van der Waals surface area (Å²) in [5.74, 6) is -1.38. The van der Waals surface area contributed by atoms with E-state index >= 15 is 0 Å². The van der Waals surface area contributed by atoms with Crippen LogP contribution in [0.2, 0.25) is 0 Å². The van der Waals surface area contributed by atoms with Crippen molar-refractivity contribution in [2.45, 2.75) is 85.1 Å². The molecule has 0 spiro atoms. The van der Waals surface area contributed by atoms with Crippen LogP contribution in [0.3, 0.4) is 0 Å². The molecule has 0 aliphatic rings. The number of nitrogens with zero attached hydrogens (tertiary/aromatic N) is 5. The number of Topliss-reactive ketones (excluding diaryl/α,β-unsaturated/α-hetero) is 1. The third kappa shape index (κ3) is 6.47. The van der Waals surface area contributed by atoms with Gasteiger partial charge in [0.25, 0.3) is 5.56 Å². The van der Waals surface area contributed by atoms with Crippen LogP contribution in [0.5, 0.6) is 5.75 Å². The first kappa shape index (κ1) is 33.7. The number of methoxy groups -OCH3 is 1. The Morgan fingerprint density at radius 2 is 1.78 bits per heavy atom. The lowest BCUT2D eigenvalue weighted by Gasteiger charge is -2.31. The molecule has 1 aromatic carbocycles. The van der Waals surface area contributed by atoms with E-state index in [0.717, 1.165) is 22.3 Å². The first-order valence-corrected chi connectivity index (χ1v) is 15.3. The number of benzene rings is 1. The van der Waals surface area contributed by atoms with Crippen molar-refractivity contribution in [3.05, 3.63) is 68.4 Å².